The molecule has 0 bridgehead atoms. The summed E-state index contributed by atoms with van der Waals surface area (Å²) < 4.78 is 13.7. The number of rotatable bonds is 2. The summed E-state index contributed by atoms with van der Waals surface area (Å²) in [5, 5.41) is 29.5. The zero-order valence-electron chi connectivity index (χ0n) is 9.56. The predicted octanol–water partition coefficient (Wildman–Crippen LogP) is 0.222. The fraction of sp³-hybridized carbons (Fsp3) is 1.00. The van der Waals surface area contributed by atoms with Gasteiger partial charge in [0.15, 0.2) is 0 Å². The fourth-order valence-electron chi connectivity index (χ4n) is 0.984. The molecule has 1 fully saturated rings. The third kappa shape index (κ3) is 18.6. The molecule has 0 N–H and O–H groups in total. The molecule has 18 heavy (non-hydrogen) atoms. The standard InChI is InChI=1S/C6H10O2.2Hg.2NO3/c1-5-3-7-4-6(2)8-5;;;2*2-1(3)4/h5-6H,1-4H2;;;;/q;;;2*-1. The van der Waals surface area contributed by atoms with Gasteiger partial charge in [0.05, 0.1) is 10.2 Å². The summed E-state index contributed by atoms with van der Waals surface area (Å²) in [6.45, 7) is 1.71. The van der Waals surface area contributed by atoms with Crippen LogP contribution in [0.4, 0.5) is 0 Å². The summed E-state index contributed by atoms with van der Waals surface area (Å²) in [5.41, 5.74) is 0. The zero-order chi connectivity index (χ0) is 14.6. The van der Waals surface area contributed by atoms with E-state index in [1.807, 2.05) is 0 Å². The van der Waals surface area contributed by atoms with E-state index in [0.717, 1.165) is 65.5 Å². The van der Waals surface area contributed by atoms with Gasteiger partial charge in [0.25, 0.3) is 0 Å². The first-order chi connectivity index (χ1) is 8.33. The number of ether oxygens (including phenoxy) is 2. The topological polar surface area (TPSA) is 151 Å². The molecule has 12 heteroatoms. The SMILES string of the molecule is O=[N+]([O-])[O-].O=[N+]([O-])[O-].[Hg][CH2]C1COCC([CH2][Hg])O1. The van der Waals surface area contributed by atoms with E-state index in [1.54, 1.807) is 0 Å². The van der Waals surface area contributed by atoms with Crippen molar-refractivity contribution in [2.45, 2.75) is 20.1 Å². The van der Waals surface area contributed by atoms with Gasteiger partial charge in [-0.3, -0.25) is 0 Å². The van der Waals surface area contributed by atoms with E-state index in [1.165, 1.54) is 7.86 Å². The van der Waals surface area contributed by atoms with Crippen molar-refractivity contribution in [3.8, 4) is 0 Å². The van der Waals surface area contributed by atoms with Crippen molar-refractivity contribution < 1.29 is 71.9 Å². The molecule has 1 saturated heterocycles. The third-order valence-corrected chi connectivity index (χ3v) is 6.64. The first-order valence-electron chi connectivity index (χ1n) is 4.78. The Bertz CT molecular complexity index is 214. The molecule has 0 amide bonds. The van der Waals surface area contributed by atoms with Gasteiger partial charge in [-0.2, -0.15) is 0 Å². The molecule has 1 aliphatic heterocycles. The molecule has 10 nitrogen and oxygen atoms in total. The van der Waals surface area contributed by atoms with Crippen molar-refractivity contribution in [3.63, 3.8) is 0 Å². The Morgan fingerprint density at radius 3 is 1.44 bits per heavy atom. The van der Waals surface area contributed by atoms with Crippen LogP contribution in [0.15, 0.2) is 0 Å². The fourth-order valence-corrected chi connectivity index (χ4v) is 3.34. The van der Waals surface area contributed by atoms with Gasteiger partial charge in [-0.25, -0.2) is 0 Å². The van der Waals surface area contributed by atoms with Crippen molar-refractivity contribution in [3.05, 3.63) is 30.6 Å². The summed E-state index contributed by atoms with van der Waals surface area (Å²) in [7, 11) is 0. The van der Waals surface area contributed by atoms with Crippen LogP contribution in [0.5, 0.6) is 0 Å². The summed E-state index contributed by atoms with van der Waals surface area (Å²) in [6.07, 6.45) is 0.927. The Morgan fingerprint density at radius 2 is 1.22 bits per heavy atom. The van der Waals surface area contributed by atoms with Gasteiger partial charge in [-0.1, -0.05) is 0 Å². The molecule has 0 radical (unpaired) electrons. The van der Waals surface area contributed by atoms with Crippen LogP contribution in [0.2, 0.25) is 7.86 Å². The van der Waals surface area contributed by atoms with Crippen LogP contribution in [-0.4, -0.2) is 35.6 Å². The van der Waals surface area contributed by atoms with Gasteiger partial charge in [-0.05, 0) is 0 Å². The molecule has 2 atom stereocenters. The summed E-state index contributed by atoms with van der Waals surface area (Å²) in [4.78, 5) is 16.5. The van der Waals surface area contributed by atoms with Gasteiger partial charge in [0.1, 0.15) is 0 Å². The molecule has 1 heterocycles. The number of hydrogen-bond donors (Lipinski definition) is 0. The van der Waals surface area contributed by atoms with Crippen molar-refractivity contribution in [2.75, 3.05) is 13.2 Å². The monoisotopic (exact) mass is 642 g/mol. The Morgan fingerprint density at radius 1 is 0.944 bits per heavy atom. The molecule has 0 aromatic rings. The van der Waals surface area contributed by atoms with Crippen molar-refractivity contribution in [2.24, 2.45) is 0 Å². The molecule has 2 unspecified atom stereocenters. The zero-order valence-corrected chi connectivity index (χ0v) is 20.6. The van der Waals surface area contributed by atoms with E-state index in [2.05, 4.69) is 0 Å². The van der Waals surface area contributed by atoms with Gasteiger partial charge in [-0.15, -0.1) is 0 Å². The Hall–Kier alpha value is 0.190. The molecule has 1 rings (SSSR count). The minimum atomic E-state index is -1.75. The van der Waals surface area contributed by atoms with Crippen LogP contribution in [0.3, 0.4) is 0 Å². The first-order valence-corrected chi connectivity index (χ1v) is 12.6. The first kappa shape index (κ1) is 20.5. The predicted molar refractivity (Wildman–Crippen MR) is 49.8 cm³/mol. The molecule has 1 aliphatic rings. The minimum absolute atomic E-state index is 0.464. The molecule has 0 aromatic carbocycles. The molecule has 0 aliphatic carbocycles. The maximum atomic E-state index is 8.25. The average molecular weight is 639 g/mol. The Kier molecular flexibility index (Phi) is 15.5. The van der Waals surface area contributed by atoms with Crippen LogP contribution in [-0.2, 0) is 61.7 Å². The molecule has 98 valence electrons. The van der Waals surface area contributed by atoms with E-state index in [-0.39, 0.29) is 0 Å². The normalized spacial score (nSPS) is 21.8. The van der Waals surface area contributed by atoms with Crippen LogP contribution in [0, 0.1) is 30.6 Å². The Balaban J connectivity index is 0. The van der Waals surface area contributed by atoms with Gasteiger partial charge in [0.2, 0.25) is 0 Å². The van der Waals surface area contributed by atoms with E-state index in [9.17, 15) is 0 Å². The Labute approximate surface area is 135 Å². The average Bonchev–Trinajstić information content (AvgIpc) is 2.27. The second-order valence-electron chi connectivity index (χ2n) is 2.94. The maximum absolute atomic E-state index is 8.25. The second kappa shape index (κ2) is 13.6. The summed E-state index contributed by atoms with van der Waals surface area (Å²) >= 11 is 1.74. The van der Waals surface area contributed by atoms with Gasteiger partial charge < -0.3 is 30.6 Å². The van der Waals surface area contributed by atoms with E-state index < -0.39 is 10.2 Å². The number of hydrogen-bond acceptors (Lipinski definition) is 8. The molecule has 0 aromatic heterocycles. The van der Waals surface area contributed by atoms with Crippen LogP contribution >= 0.6 is 0 Å². The third-order valence-electron chi connectivity index (χ3n) is 1.64. The van der Waals surface area contributed by atoms with Crippen molar-refractivity contribution in [1.29, 1.82) is 0 Å². The quantitative estimate of drug-likeness (QED) is 0.237. The molecule has 0 spiro atoms. The molecular formula is C6H10Hg2N2O8-2. The van der Waals surface area contributed by atoms with Gasteiger partial charge in [0, 0.05) is 0 Å². The summed E-state index contributed by atoms with van der Waals surface area (Å²) in [6, 6.07) is 0. The van der Waals surface area contributed by atoms with E-state index in [0.29, 0.717) is 12.2 Å². The van der Waals surface area contributed by atoms with Crippen LogP contribution < -0.4 is 0 Å². The van der Waals surface area contributed by atoms with Gasteiger partial charge >= 0.3 is 95.0 Å². The second-order valence-corrected chi connectivity index (χ2v) is 7.43. The van der Waals surface area contributed by atoms with E-state index >= 15 is 0 Å². The van der Waals surface area contributed by atoms with E-state index in [4.69, 9.17) is 40.1 Å². The summed E-state index contributed by atoms with van der Waals surface area (Å²) in [5.74, 6) is 0. The van der Waals surface area contributed by atoms with Crippen molar-refractivity contribution in [1.82, 2.24) is 0 Å². The van der Waals surface area contributed by atoms with Crippen molar-refractivity contribution >= 4 is 0 Å². The van der Waals surface area contributed by atoms with Crippen LogP contribution in [0.25, 0.3) is 0 Å². The molecular weight excluding hydrogens is 629 g/mol. The number of nitrogens with zero attached hydrogens (tertiary/aromatic N) is 2. The molecule has 0 saturated carbocycles. The van der Waals surface area contributed by atoms with Crippen LogP contribution in [0.1, 0.15) is 0 Å².